The van der Waals surface area contributed by atoms with Crippen molar-refractivity contribution >= 4 is 0 Å². The minimum atomic E-state index is 0.617. The van der Waals surface area contributed by atoms with E-state index in [9.17, 15) is 0 Å². The molecule has 0 amide bonds. The van der Waals surface area contributed by atoms with Crippen LogP contribution < -0.4 is 5.32 Å². The van der Waals surface area contributed by atoms with Crippen molar-refractivity contribution in [2.45, 2.75) is 59.7 Å². The van der Waals surface area contributed by atoms with Crippen LogP contribution in [0.5, 0.6) is 0 Å². The Morgan fingerprint density at radius 2 is 2.00 bits per heavy atom. The lowest BCUT2D eigenvalue weighted by atomic mass is 10.0. The van der Waals surface area contributed by atoms with E-state index in [4.69, 9.17) is 0 Å². The third-order valence-corrected chi connectivity index (χ3v) is 4.78. The lowest BCUT2D eigenvalue weighted by Gasteiger charge is -2.30. The highest BCUT2D eigenvalue weighted by Gasteiger charge is 2.24. The molecule has 0 radical (unpaired) electrons. The minimum absolute atomic E-state index is 0.617. The average molecular weight is 274 g/mol. The van der Waals surface area contributed by atoms with Crippen molar-refractivity contribution in [3.05, 3.63) is 34.9 Å². The van der Waals surface area contributed by atoms with E-state index in [2.05, 4.69) is 63.0 Å². The number of hydrogen-bond acceptors (Lipinski definition) is 2. The second-order valence-corrected chi connectivity index (χ2v) is 6.79. The van der Waals surface area contributed by atoms with Crippen LogP contribution in [0.25, 0.3) is 0 Å². The lowest BCUT2D eigenvalue weighted by Crippen LogP contribution is -2.42. The molecule has 0 spiro atoms. The first-order valence-electron chi connectivity index (χ1n) is 8.01. The Labute approximate surface area is 124 Å². The SMILES string of the molecule is Cc1ccc(CN2CC(C(C)C)NCCC2C)cc1C. The van der Waals surface area contributed by atoms with Gasteiger partial charge in [-0.15, -0.1) is 0 Å². The molecule has 2 nitrogen and oxygen atoms in total. The first-order valence-corrected chi connectivity index (χ1v) is 8.01. The molecule has 20 heavy (non-hydrogen) atoms. The normalized spacial score (nSPS) is 24.9. The molecule has 2 unspecified atom stereocenters. The summed E-state index contributed by atoms with van der Waals surface area (Å²) in [6, 6.07) is 8.17. The van der Waals surface area contributed by atoms with Crippen molar-refractivity contribution in [3.63, 3.8) is 0 Å². The number of hydrogen-bond donors (Lipinski definition) is 1. The molecule has 112 valence electrons. The summed E-state index contributed by atoms with van der Waals surface area (Å²) in [5.74, 6) is 0.697. The Kier molecular flexibility index (Phi) is 5.22. The van der Waals surface area contributed by atoms with Gasteiger partial charge in [-0.3, -0.25) is 4.90 Å². The standard InChI is InChI=1S/C18H30N2/c1-13(2)18-12-20(16(5)8-9-19-18)11-17-7-6-14(3)15(4)10-17/h6-7,10,13,16,18-19H,8-9,11-12H2,1-5H3. The summed E-state index contributed by atoms with van der Waals surface area (Å²) in [7, 11) is 0. The van der Waals surface area contributed by atoms with Crippen molar-refractivity contribution in [2.75, 3.05) is 13.1 Å². The van der Waals surface area contributed by atoms with Gasteiger partial charge >= 0.3 is 0 Å². The van der Waals surface area contributed by atoms with Gasteiger partial charge in [0, 0.05) is 25.2 Å². The fourth-order valence-corrected chi connectivity index (χ4v) is 2.96. The molecule has 1 aromatic carbocycles. The molecular formula is C18H30N2. The molecule has 1 saturated heterocycles. The quantitative estimate of drug-likeness (QED) is 0.907. The van der Waals surface area contributed by atoms with Crippen LogP contribution in [0.2, 0.25) is 0 Å². The fourth-order valence-electron chi connectivity index (χ4n) is 2.96. The van der Waals surface area contributed by atoms with E-state index < -0.39 is 0 Å². The Bertz CT molecular complexity index is 439. The van der Waals surface area contributed by atoms with Gasteiger partial charge in [0.2, 0.25) is 0 Å². The number of nitrogens with zero attached hydrogens (tertiary/aromatic N) is 1. The van der Waals surface area contributed by atoms with E-state index in [0.717, 1.165) is 19.6 Å². The van der Waals surface area contributed by atoms with Gasteiger partial charge in [-0.05, 0) is 56.3 Å². The van der Waals surface area contributed by atoms with E-state index in [0.29, 0.717) is 18.0 Å². The van der Waals surface area contributed by atoms with Crippen molar-refractivity contribution in [2.24, 2.45) is 5.92 Å². The second kappa shape index (κ2) is 6.73. The monoisotopic (exact) mass is 274 g/mol. The fraction of sp³-hybridized carbons (Fsp3) is 0.667. The molecule has 2 rings (SSSR count). The predicted molar refractivity (Wildman–Crippen MR) is 87.0 cm³/mol. The topological polar surface area (TPSA) is 15.3 Å². The third-order valence-electron chi connectivity index (χ3n) is 4.78. The first kappa shape index (κ1) is 15.5. The maximum atomic E-state index is 3.71. The van der Waals surface area contributed by atoms with Crippen LogP contribution in [0.3, 0.4) is 0 Å². The summed E-state index contributed by atoms with van der Waals surface area (Å²) < 4.78 is 0. The zero-order chi connectivity index (χ0) is 14.7. The van der Waals surface area contributed by atoms with Crippen LogP contribution >= 0.6 is 0 Å². The van der Waals surface area contributed by atoms with E-state index >= 15 is 0 Å². The Morgan fingerprint density at radius 1 is 1.25 bits per heavy atom. The predicted octanol–water partition coefficient (Wildman–Crippen LogP) is 3.51. The highest BCUT2D eigenvalue weighted by atomic mass is 15.2. The third kappa shape index (κ3) is 3.83. The maximum Gasteiger partial charge on any atom is 0.0237 e. The zero-order valence-electron chi connectivity index (χ0n) is 13.7. The van der Waals surface area contributed by atoms with Gasteiger partial charge in [-0.1, -0.05) is 32.0 Å². The molecule has 1 N–H and O–H groups in total. The molecule has 1 fully saturated rings. The second-order valence-electron chi connectivity index (χ2n) is 6.79. The highest BCUT2D eigenvalue weighted by Crippen LogP contribution is 2.18. The van der Waals surface area contributed by atoms with Gasteiger partial charge < -0.3 is 5.32 Å². The van der Waals surface area contributed by atoms with Crippen LogP contribution in [0.4, 0.5) is 0 Å². The van der Waals surface area contributed by atoms with Crippen molar-refractivity contribution < 1.29 is 0 Å². The molecule has 0 bridgehead atoms. The Balaban J connectivity index is 2.09. The first-order chi connectivity index (χ1) is 9.47. The van der Waals surface area contributed by atoms with Crippen LogP contribution in [0, 0.1) is 19.8 Å². The van der Waals surface area contributed by atoms with Crippen LogP contribution in [-0.4, -0.2) is 30.1 Å². The zero-order valence-corrected chi connectivity index (χ0v) is 13.7. The largest absolute Gasteiger partial charge is 0.312 e. The Morgan fingerprint density at radius 3 is 2.65 bits per heavy atom. The number of nitrogens with one attached hydrogen (secondary N) is 1. The van der Waals surface area contributed by atoms with E-state index in [-0.39, 0.29) is 0 Å². The number of benzene rings is 1. The smallest absolute Gasteiger partial charge is 0.0237 e. The molecule has 0 aliphatic carbocycles. The molecule has 2 heteroatoms. The van der Waals surface area contributed by atoms with Gasteiger partial charge in [0.25, 0.3) is 0 Å². The minimum Gasteiger partial charge on any atom is -0.312 e. The van der Waals surface area contributed by atoms with Crippen LogP contribution in [-0.2, 0) is 6.54 Å². The van der Waals surface area contributed by atoms with Gasteiger partial charge in [-0.25, -0.2) is 0 Å². The highest BCUT2D eigenvalue weighted by molar-refractivity contribution is 5.29. The van der Waals surface area contributed by atoms with E-state index in [1.807, 2.05) is 0 Å². The molecule has 1 aliphatic rings. The van der Waals surface area contributed by atoms with E-state index in [1.165, 1.54) is 23.1 Å². The molecule has 1 heterocycles. The summed E-state index contributed by atoms with van der Waals surface area (Å²) >= 11 is 0. The summed E-state index contributed by atoms with van der Waals surface area (Å²) in [4.78, 5) is 2.65. The van der Waals surface area contributed by atoms with Gasteiger partial charge in [-0.2, -0.15) is 0 Å². The van der Waals surface area contributed by atoms with Gasteiger partial charge in [0.05, 0.1) is 0 Å². The number of aryl methyl sites for hydroxylation is 2. The van der Waals surface area contributed by atoms with Crippen LogP contribution in [0.1, 0.15) is 43.9 Å². The summed E-state index contributed by atoms with van der Waals surface area (Å²) in [5.41, 5.74) is 4.24. The van der Waals surface area contributed by atoms with Crippen molar-refractivity contribution in [3.8, 4) is 0 Å². The molecule has 2 atom stereocenters. The molecule has 0 aromatic heterocycles. The molecule has 0 saturated carbocycles. The summed E-state index contributed by atoms with van der Waals surface area (Å²) in [6.07, 6.45) is 1.24. The Hall–Kier alpha value is -0.860. The molecule has 1 aromatic rings. The average Bonchev–Trinajstić information content (AvgIpc) is 2.57. The van der Waals surface area contributed by atoms with Crippen molar-refractivity contribution in [1.29, 1.82) is 0 Å². The summed E-state index contributed by atoms with van der Waals surface area (Å²) in [6.45, 7) is 14.8. The number of rotatable bonds is 3. The van der Waals surface area contributed by atoms with Gasteiger partial charge in [0.1, 0.15) is 0 Å². The van der Waals surface area contributed by atoms with E-state index in [1.54, 1.807) is 0 Å². The van der Waals surface area contributed by atoms with Crippen LogP contribution in [0.15, 0.2) is 18.2 Å². The lowest BCUT2D eigenvalue weighted by molar-refractivity contribution is 0.184. The maximum absolute atomic E-state index is 3.71. The summed E-state index contributed by atoms with van der Waals surface area (Å²) in [5, 5.41) is 3.71. The van der Waals surface area contributed by atoms with Gasteiger partial charge in [0.15, 0.2) is 0 Å². The molecular weight excluding hydrogens is 244 g/mol. The molecule has 1 aliphatic heterocycles. The van der Waals surface area contributed by atoms with Crippen molar-refractivity contribution in [1.82, 2.24) is 10.2 Å².